The number of carbonyl (C=O) groups excluding carboxylic acids is 2. The number of hydrogen-bond acceptors (Lipinski definition) is 3. The molecule has 1 saturated carbocycles. The zero-order chi connectivity index (χ0) is 21.3. The number of amides is 2. The molecule has 4 rings (SSSR count). The third-order valence-corrected chi connectivity index (χ3v) is 6.65. The van der Waals surface area contributed by atoms with Gasteiger partial charge in [0.05, 0.1) is 24.5 Å². The molecular weight excluding hydrogens is 383 g/mol. The summed E-state index contributed by atoms with van der Waals surface area (Å²) >= 11 is 0. The van der Waals surface area contributed by atoms with E-state index in [1.165, 1.54) is 17.7 Å². The number of hydrogen-bond donors (Lipinski definition) is 1. The van der Waals surface area contributed by atoms with Crippen LogP contribution in [0.4, 0.5) is 4.39 Å². The standard InChI is InChI=1S/C23H29FN4O2/c1-15-20-10-11-27(22(29)12-16-2-6-18(7-3-16)23(25)30)14-21(20)28(26-15)13-17-4-8-19(24)9-5-17/h4-5,8-9,16,18H,2-3,6-7,10-14H2,1H3,(H2,25,30)/t16-,18+. The van der Waals surface area contributed by atoms with E-state index < -0.39 is 0 Å². The molecule has 0 atom stereocenters. The maximum absolute atomic E-state index is 13.2. The van der Waals surface area contributed by atoms with Crippen LogP contribution in [0.2, 0.25) is 0 Å². The van der Waals surface area contributed by atoms with Crippen molar-refractivity contribution < 1.29 is 14.0 Å². The van der Waals surface area contributed by atoms with E-state index in [0.717, 1.165) is 49.1 Å². The van der Waals surface area contributed by atoms with Crippen molar-refractivity contribution >= 4 is 11.8 Å². The van der Waals surface area contributed by atoms with Crippen LogP contribution in [0.1, 0.15) is 54.6 Å². The van der Waals surface area contributed by atoms with Crippen molar-refractivity contribution in [3.63, 3.8) is 0 Å². The zero-order valence-corrected chi connectivity index (χ0v) is 17.4. The summed E-state index contributed by atoms with van der Waals surface area (Å²) in [5, 5.41) is 4.69. The fourth-order valence-corrected chi connectivity index (χ4v) is 4.81. The zero-order valence-electron chi connectivity index (χ0n) is 17.4. The Morgan fingerprint density at radius 2 is 1.87 bits per heavy atom. The molecule has 0 unspecified atom stereocenters. The lowest BCUT2D eigenvalue weighted by atomic mass is 9.80. The summed E-state index contributed by atoms with van der Waals surface area (Å²) in [6.45, 7) is 3.85. The normalized spacial score (nSPS) is 21.3. The average Bonchev–Trinajstić information content (AvgIpc) is 3.05. The van der Waals surface area contributed by atoms with Gasteiger partial charge in [0, 0.05) is 18.9 Å². The molecule has 0 saturated heterocycles. The lowest BCUT2D eigenvalue weighted by Gasteiger charge is -2.31. The summed E-state index contributed by atoms with van der Waals surface area (Å²) in [6.07, 6.45) is 4.71. The largest absolute Gasteiger partial charge is 0.369 e. The summed E-state index contributed by atoms with van der Waals surface area (Å²) in [5.41, 5.74) is 9.70. The molecular formula is C23H29FN4O2. The Balaban J connectivity index is 1.41. The molecule has 2 aromatic rings. The van der Waals surface area contributed by atoms with Gasteiger partial charge in [-0.3, -0.25) is 14.3 Å². The van der Waals surface area contributed by atoms with Crippen LogP contribution in [-0.2, 0) is 29.1 Å². The van der Waals surface area contributed by atoms with Crippen molar-refractivity contribution in [3.05, 3.63) is 52.6 Å². The summed E-state index contributed by atoms with van der Waals surface area (Å²) < 4.78 is 15.2. The molecule has 1 aliphatic carbocycles. The van der Waals surface area contributed by atoms with Gasteiger partial charge in [0.15, 0.2) is 0 Å². The second-order valence-corrected chi connectivity index (χ2v) is 8.68. The van der Waals surface area contributed by atoms with Gasteiger partial charge in [0.25, 0.3) is 0 Å². The minimum Gasteiger partial charge on any atom is -0.369 e. The van der Waals surface area contributed by atoms with E-state index in [2.05, 4.69) is 5.10 Å². The first-order valence-electron chi connectivity index (χ1n) is 10.8. The van der Waals surface area contributed by atoms with Crippen molar-refractivity contribution in [1.82, 2.24) is 14.7 Å². The number of nitrogens with zero attached hydrogens (tertiary/aromatic N) is 3. The molecule has 160 valence electrons. The minimum absolute atomic E-state index is 0.0299. The molecule has 0 radical (unpaired) electrons. The molecule has 2 amide bonds. The molecule has 6 nitrogen and oxygen atoms in total. The number of primary amides is 1. The van der Waals surface area contributed by atoms with E-state index in [1.54, 1.807) is 12.1 Å². The van der Waals surface area contributed by atoms with Crippen molar-refractivity contribution in [2.75, 3.05) is 6.54 Å². The van der Waals surface area contributed by atoms with Crippen LogP contribution < -0.4 is 5.73 Å². The first-order chi connectivity index (χ1) is 14.4. The Labute approximate surface area is 176 Å². The second-order valence-electron chi connectivity index (χ2n) is 8.68. The van der Waals surface area contributed by atoms with E-state index in [-0.39, 0.29) is 23.5 Å². The topological polar surface area (TPSA) is 81.2 Å². The molecule has 1 aromatic heterocycles. The van der Waals surface area contributed by atoms with Gasteiger partial charge >= 0.3 is 0 Å². The van der Waals surface area contributed by atoms with Gasteiger partial charge in [0.1, 0.15) is 5.82 Å². The highest BCUT2D eigenvalue weighted by atomic mass is 19.1. The number of carbonyl (C=O) groups is 2. The van der Waals surface area contributed by atoms with Crippen LogP contribution in [-0.4, -0.2) is 33.0 Å². The predicted molar refractivity (Wildman–Crippen MR) is 111 cm³/mol. The third-order valence-electron chi connectivity index (χ3n) is 6.65. The van der Waals surface area contributed by atoms with Crippen LogP contribution in [0.3, 0.4) is 0 Å². The summed E-state index contributed by atoms with van der Waals surface area (Å²) in [4.78, 5) is 26.3. The Morgan fingerprint density at radius 1 is 1.17 bits per heavy atom. The number of halogens is 1. The fourth-order valence-electron chi connectivity index (χ4n) is 4.81. The van der Waals surface area contributed by atoms with Crippen molar-refractivity contribution in [2.45, 2.75) is 58.5 Å². The Hall–Kier alpha value is -2.70. The molecule has 0 spiro atoms. The summed E-state index contributed by atoms with van der Waals surface area (Å²) in [6, 6.07) is 6.46. The van der Waals surface area contributed by atoms with Crippen LogP contribution in [0.5, 0.6) is 0 Å². The Bertz CT molecular complexity index is 929. The molecule has 1 aliphatic heterocycles. The van der Waals surface area contributed by atoms with Crippen molar-refractivity contribution in [3.8, 4) is 0 Å². The molecule has 2 N–H and O–H groups in total. The summed E-state index contributed by atoms with van der Waals surface area (Å²) in [7, 11) is 0. The molecule has 0 bridgehead atoms. The van der Waals surface area contributed by atoms with E-state index in [0.29, 0.717) is 32.0 Å². The molecule has 2 aliphatic rings. The second kappa shape index (κ2) is 8.58. The molecule has 1 fully saturated rings. The molecule has 1 aromatic carbocycles. The maximum atomic E-state index is 13.2. The van der Waals surface area contributed by atoms with E-state index in [4.69, 9.17) is 5.73 Å². The third kappa shape index (κ3) is 4.40. The minimum atomic E-state index is -0.251. The quantitative estimate of drug-likeness (QED) is 0.820. The van der Waals surface area contributed by atoms with E-state index >= 15 is 0 Å². The smallest absolute Gasteiger partial charge is 0.223 e. The Kier molecular flexibility index (Phi) is 5.88. The van der Waals surface area contributed by atoms with Gasteiger partial charge in [-0.1, -0.05) is 12.1 Å². The van der Waals surface area contributed by atoms with Crippen LogP contribution in [0, 0.1) is 24.6 Å². The van der Waals surface area contributed by atoms with E-state index in [1.807, 2.05) is 16.5 Å². The SMILES string of the molecule is Cc1nn(Cc2ccc(F)cc2)c2c1CCN(C(=O)C[C@H]1CC[C@@H](C(N)=O)CC1)C2. The van der Waals surface area contributed by atoms with E-state index in [9.17, 15) is 14.0 Å². The van der Waals surface area contributed by atoms with Gasteiger partial charge in [-0.2, -0.15) is 5.10 Å². The van der Waals surface area contributed by atoms with Gasteiger partial charge in [0.2, 0.25) is 11.8 Å². The first kappa shape index (κ1) is 20.6. The van der Waals surface area contributed by atoms with Gasteiger partial charge in [-0.05, 0) is 68.2 Å². The lowest BCUT2D eigenvalue weighted by molar-refractivity contribution is -0.133. The lowest BCUT2D eigenvalue weighted by Crippen LogP contribution is -2.38. The summed E-state index contributed by atoms with van der Waals surface area (Å²) in [5.74, 6) is 0.0144. The average molecular weight is 413 g/mol. The fraction of sp³-hybridized carbons (Fsp3) is 0.522. The van der Waals surface area contributed by atoms with Crippen molar-refractivity contribution in [2.24, 2.45) is 17.6 Å². The number of rotatable bonds is 5. The highest BCUT2D eigenvalue weighted by Gasteiger charge is 2.30. The number of nitrogens with two attached hydrogens (primary N) is 1. The van der Waals surface area contributed by atoms with Crippen LogP contribution in [0.15, 0.2) is 24.3 Å². The van der Waals surface area contributed by atoms with Gasteiger partial charge < -0.3 is 10.6 Å². The number of aromatic nitrogens is 2. The highest BCUT2D eigenvalue weighted by molar-refractivity contribution is 5.77. The van der Waals surface area contributed by atoms with Gasteiger partial charge in [-0.25, -0.2) is 4.39 Å². The van der Waals surface area contributed by atoms with Crippen LogP contribution in [0.25, 0.3) is 0 Å². The monoisotopic (exact) mass is 412 g/mol. The van der Waals surface area contributed by atoms with Crippen molar-refractivity contribution in [1.29, 1.82) is 0 Å². The molecule has 2 heterocycles. The van der Waals surface area contributed by atoms with Crippen LogP contribution >= 0.6 is 0 Å². The molecule has 7 heteroatoms. The molecule has 30 heavy (non-hydrogen) atoms. The predicted octanol–water partition coefficient (Wildman–Crippen LogP) is 2.95. The number of fused-ring (bicyclic) bond motifs is 1. The number of aryl methyl sites for hydroxylation is 1. The van der Waals surface area contributed by atoms with Gasteiger partial charge in [-0.15, -0.1) is 0 Å². The highest BCUT2D eigenvalue weighted by Crippen LogP contribution is 2.32. The maximum Gasteiger partial charge on any atom is 0.223 e. The Morgan fingerprint density at radius 3 is 2.53 bits per heavy atom. The number of benzene rings is 1. The first-order valence-corrected chi connectivity index (χ1v) is 10.8.